The normalized spacial score (nSPS) is 19.3. The van der Waals surface area contributed by atoms with Crippen LogP contribution >= 0.6 is 11.6 Å². The quantitative estimate of drug-likeness (QED) is 0.557. The third kappa shape index (κ3) is 4.68. The fourth-order valence-electron chi connectivity index (χ4n) is 0.928. The molecule has 0 bridgehead atoms. The zero-order valence-electron chi connectivity index (χ0n) is 7.68. The van der Waals surface area contributed by atoms with Crippen molar-refractivity contribution in [1.29, 1.82) is 0 Å². The standard InChI is InChI=1S/C8H11ClF4O2/c9-3-1-2-4(10)5(11)6(12)7(13)8(14)15/h4-7H,1-3H2,(H,14,15). The van der Waals surface area contributed by atoms with E-state index in [4.69, 9.17) is 16.7 Å². The summed E-state index contributed by atoms with van der Waals surface area (Å²) >= 11 is 5.19. The van der Waals surface area contributed by atoms with E-state index in [0.717, 1.165) is 0 Å². The lowest BCUT2D eigenvalue weighted by Crippen LogP contribution is -2.39. The number of hydrogen-bond donors (Lipinski definition) is 1. The highest BCUT2D eigenvalue weighted by Gasteiger charge is 2.39. The van der Waals surface area contributed by atoms with E-state index in [1.165, 1.54) is 0 Å². The number of carboxylic acids is 1. The van der Waals surface area contributed by atoms with E-state index in [0.29, 0.717) is 0 Å². The third-order valence-corrected chi connectivity index (χ3v) is 2.05. The molecule has 0 fully saturated rings. The van der Waals surface area contributed by atoms with Gasteiger partial charge < -0.3 is 5.11 Å². The Balaban J connectivity index is 4.17. The second-order valence-corrected chi connectivity index (χ2v) is 3.35. The highest BCUT2D eigenvalue weighted by molar-refractivity contribution is 6.17. The fourth-order valence-corrected chi connectivity index (χ4v) is 1.08. The lowest BCUT2D eigenvalue weighted by molar-refractivity contribution is -0.147. The van der Waals surface area contributed by atoms with Crippen molar-refractivity contribution >= 4 is 17.6 Å². The molecule has 0 aliphatic heterocycles. The first-order chi connectivity index (χ1) is 6.91. The monoisotopic (exact) mass is 250 g/mol. The van der Waals surface area contributed by atoms with Gasteiger partial charge in [0.25, 0.3) is 0 Å². The van der Waals surface area contributed by atoms with Crippen molar-refractivity contribution in [2.24, 2.45) is 0 Å². The van der Waals surface area contributed by atoms with Crippen LogP contribution in [0.2, 0.25) is 0 Å². The minimum absolute atomic E-state index is 0.0715. The zero-order valence-corrected chi connectivity index (χ0v) is 8.43. The van der Waals surface area contributed by atoms with Crippen LogP contribution in [-0.4, -0.2) is 41.6 Å². The van der Waals surface area contributed by atoms with Crippen molar-refractivity contribution in [3.05, 3.63) is 0 Å². The Morgan fingerprint density at radius 3 is 2.13 bits per heavy atom. The zero-order chi connectivity index (χ0) is 12.0. The molecular formula is C8H11ClF4O2. The van der Waals surface area contributed by atoms with Crippen LogP contribution in [0.5, 0.6) is 0 Å². The summed E-state index contributed by atoms with van der Waals surface area (Å²) in [5, 5.41) is 8.03. The minimum atomic E-state index is -3.05. The molecule has 0 amide bonds. The first-order valence-electron chi connectivity index (χ1n) is 4.26. The molecule has 0 saturated heterocycles. The molecule has 0 heterocycles. The molecule has 0 spiro atoms. The van der Waals surface area contributed by atoms with Crippen LogP contribution in [0.1, 0.15) is 12.8 Å². The van der Waals surface area contributed by atoms with E-state index in [1.54, 1.807) is 0 Å². The van der Waals surface area contributed by atoms with Gasteiger partial charge in [-0.15, -0.1) is 11.6 Å². The second kappa shape index (κ2) is 6.87. The lowest BCUT2D eigenvalue weighted by Gasteiger charge is -2.17. The van der Waals surface area contributed by atoms with Crippen LogP contribution in [0.15, 0.2) is 0 Å². The molecule has 4 unspecified atom stereocenters. The molecule has 7 heteroatoms. The van der Waals surface area contributed by atoms with E-state index in [2.05, 4.69) is 0 Å². The summed E-state index contributed by atoms with van der Waals surface area (Å²) in [5.41, 5.74) is 0. The molecule has 0 rings (SSSR count). The molecular weight excluding hydrogens is 240 g/mol. The molecule has 0 aromatic carbocycles. The predicted octanol–water partition coefficient (Wildman–Crippen LogP) is 2.44. The Bertz CT molecular complexity index is 205. The smallest absolute Gasteiger partial charge is 0.341 e. The van der Waals surface area contributed by atoms with E-state index in [-0.39, 0.29) is 18.7 Å². The van der Waals surface area contributed by atoms with Crippen molar-refractivity contribution in [3.8, 4) is 0 Å². The van der Waals surface area contributed by atoms with Crippen LogP contribution in [0.4, 0.5) is 17.6 Å². The van der Waals surface area contributed by atoms with Crippen LogP contribution in [-0.2, 0) is 4.79 Å². The van der Waals surface area contributed by atoms with Gasteiger partial charge in [0.1, 0.15) is 6.17 Å². The number of carbonyl (C=O) groups is 1. The summed E-state index contributed by atoms with van der Waals surface area (Å²) in [4.78, 5) is 9.96. The number of halogens is 5. The maximum atomic E-state index is 12.8. The van der Waals surface area contributed by atoms with Gasteiger partial charge in [0, 0.05) is 5.88 Å². The lowest BCUT2D eigenvalue weighted by atomic mass is 10.0. The van der Waals surface area contributed by atoms with Crippen molar-refractivity contribution in [1.82, 2.24) is 0 Å². The van der Waals surface area contributed by atoms with Gasteiger partial charge in [-0.1, -0.05) is 0 Å². The summed E-state index contributed by atoms with van der Waals surface area (Å²) in [6.07, 6.45) is -11.3. The van der Waals surface area contributed by atoms with Crippen molar-refractivity contribution in [2.45, 2.75) is 37.5 Å². The van der Waals surface area contributed by atoms with Crippen molar-refractivity contribution in [2.75, 3.05) is 5.88 Å². The summed E-state index contributed by atoms with van der Waals surface area (Å²) < 4.78 is 50.8. The minimum Gasteiger partial charge on any atom is -0.479 e. The Morgan fingerprint density at radius 1 is 1.20 bits per heavy atom. The second-order valence-electron chi connectivity index (χ2n) is 2.98. The maximum Gasteiger partial charge on any atom is 0.341 e. The van der Waals surface area contributed by atoms with Crippen LogP contribution < -0.4 is 0 Å². The molecule has 1 N–H and O–H groups in total. The summed E-state index contributed by atoms with van der Waals surface area (Å²) in [7, 11) is 0. The number of rotatable bonds is 7. The third-order valence-electron chi connectivity index (χ3n) is 1.78. The molecule has 0 radical (unpaired) electrons. The molecule has 90 valence electrons. The molecule has 0 aromatic rings. The van der Waals surface area contributed by atoms with Gasteiger partial charge in [-0.3, -0.25) is 0 Å². The van der Waals surface area contributed by atoms with Gasteiger partial charge in [0.2, 0.25) is 6.17 Å². The van der Waals surface area contributed by atoms with E-state index < -0.39 is 30.7 Å². The molecule has 2 nitrogen and oxygen atoms in total. The Labute approximate surface area is 89.2 Å². The Hall–Kier alpha value is -0.520. The number of hydrogen-bond acceptors (Lipinski definition) is 1. The Morgan fingerprint density at radius 2 is 1.73 bits per heavy atom. The van der Waals surface area contributed by atoms with E-state index >= 15 is 0 Å². The molecule has 15 heavy (non-hydrogen) atoms. The first-order valence-corrected chi connectivity index (χ1v) is 4.80. The van der Waals surface area contributed by atoms with Gasteiger partial charge in [0.15, 0.2) is 12.3 Å². The first kappa shape index (κ1) is 14.5. The maximum absolute atomic E-state index is 12.8. The van der Waals surface area contributed by atoms with Gasteiger partial charge in [-0.25, -0.2) is 22.4 Å². The average molecular weight is 251 g/mol. The van der Waals surface area contributed by atoms with Gasteiger partial charge >= 0.3 is 5.97 Å². The predicted molar refractivity (Wildman–Crippen MR) is 47.2 cm³/mol. The van der Waals surface area contributed by atoms with Gasteiger partial charge in [-0.05, 0) is 12.8 Å². The van der Waals surface area contributed by atoms with E-state index in [1.807, 2.05) is 0 Å². The molecule has 0 aromatic heterocycles. The van der Waals surface area contributed by atoms with Crippen LogP contribution in [0.3, 0.4) is 0 Å². The van der Waals surface area contributed by atoms with Crippen molar-refractivity contribution in [3.63, 3.8) is 0 Å². The number of alkyl halides is 5. The fraction of sp³-hybridized carbons (Fsp3) is 0.875. The highest BCUT2D eigenvalue weighted by atomic mass is 35.5. The molecule has 0 saturated carbocycles. The summed E-state index contributed by atoms with van der Waals surface area (Å²) in [5.74, 6) is -2.07. The largest absolute Gasteiger partial charge is 0.479 e. The highest BCUT2D eigenvalue weighted by Crippen LogP contribution is 2.20. The van der Waals surface area contributed by atoms with Gasteiger partial charge in [-0.2, -0.15) is 0 Å². The topological polar surface area (TPSA) is 37.3 Å². The van der Waals surface area contributed by atoms with Gasteiger partial charge in [0.05, 0.1) is 0 Å². The van der Waals surface area contributed by atoms with Crippen molar-refractivity contribution < 1.29 is 27.5 Å². The number of aliphatic carboxylic acids is 1. The molecule has 4 atom stereocenters. The summed E-state index contributed by atoms with van der Waals surface area (Å²) in [6, 6.07) is 0. The average Bonchev–Trinajstić information content (AvgIpc) is 2.22. The summed E-state index contributed by atoms with van der Waals surface area (Å²) in [6.45, 7) is 0. The molecule has 0 aliphatic carbocycles. The number of carboxylic acid groups (broad SMARTS) is 1. The SMILES string of the molecule is O=C(O)C(F)C(F)C(F)C(F)CCCCl. The van der Waals surface area contributed by atoms with Crippen LogP contribution in [0.25, 0.3) is 0 Å². The Kier molecular flexibility index (Phi) is 6.63. The van der Waals surface area contributed by atoms with Crippen LogP contribution in [0, 0.1) is 0 Å². The molecule has 0 aliphatic rings. The van der Waals surface area contributed by atoms with E-state index in [9.17, 15) is 22.4 Å².